The van der Waals surface area contributed by atoms with Crippen molar-refractivity contribution in [3.8, 4) is 0 Å². The molecule has 5 heteroatoms. The number of rotatable bonds is 1. The van der Waals surface area contributed by atoms with Crippen LogP contribution in [0.15, 0.2) is 0 Å². The molecule has 2 saturated heterocycles. The van der Waals surface area contributed by atoms with E-state index in [1.807, 2.05) is 4.90 Å². The second kappa shape index (κ2) is 2.87. The second-order valence-corrected chi connectivity index (χ2v) is 4.86. The number of fused-ring (bicyclic) bond motifs is 1. The average molecular weight is 256 g/mol. The van der Waals surface area contributed by atoms with Gasteiger partial charge in [0.2, 0.25) is 0 Å². The number of halogens is 3. The molecule has 2 rings (SSSR count). The van der Waals surface area contributed by atoms with Gasteiger partial charge in [-0.25, -0.2) is 0 Å². The summed E-state index contributed by atoms with van der Waals surface area (Å²) in [7, 11) is 0. The van der Waals surface area contributed by atoms with Crippen LogP contribution in [0.25, 0.3) is 0 Å². The molecule has 0 aromatic heterocycles. The van der Waals surface area contributed by atoms with Crippen molar-refractivity contribution in [3.05, 3.63) is 0 Å². The van der Waals surface area contributed by atoms with Crippen LogP contribution >= 0.6 is 15.9 Å². The molecule has 0 amide bonds. The largest absolute Gasteiger partial charge is 0.381 e. The quantitative estimate of drug-likeness (QED) is 0.720. The first-order chi connectivity index (χ1) is 5.95. The topological polar surface area (TPSA) is 23.5 Å². The number of nitrogens with zero attached hydrogens (tertiary/aromatic N) is 1. The Balaban J connectivity index is 2.24. The van der Waals surface area contributed by atoms with Crippen molar-refractivity contribution in [1.82, 2.24) is 4.90 Å². The smallest absolute Gasteiger partial charge is 0.330 e. The molecular formula is C8H12BrF2NO. The maximum Gasteiger partial charge on any atom is 0.330 e. The highest BCUT2D eigenvalue weighted by molar-refractivity contribution is 9.10. The molecule has 76 valence electrons. The van der Waals surface area contributed by atoms with Gasteiger partial charge in [-0.15, -0.1) is 0 Å². The van der Waals surface area contributed by atoms with Crippen LogP contribution in [-0.2, 0) is 0 Å². The fourth-order valence-corrected chi connectivity index (χ4v) is 2.91. The second-order valence-electron chi connectivity index (χ2n) is 3.87. The van der Waals surface area contributed by atoms with Crippen molar-refractivity contribution in [2.45, 2.75) is 35.7 Å². The van der Waals surface area contributed by atoms with Gasteiger partial charge >= 0.3 is 4.83 Å². The van der Waals surface area contributed by atoms with Crippen LogP contribution in [0.5, 0.6) is 0 Å². The highest BCUT2D eigenvalue weighted by atomic mass is 79.9. The first-order valence-corrected chi connectivity index (χ1v) is 5.27. The normalized spacial score (nSPS) is 41.1. The Labute approximate surface area is 84.0 Å². The molecule has 0 spiro atoms. The maximum absolute atomic E-state index is 13.1. The van der Waals surface area contributed by atoms with E-state index in [0.29, 0.717) is 13.0 Å². The van der Waals surface area contributed by atoms with Crippen molar-refractivity contribution < 1.29 is 13.9 Å². The monoisotopic (exact) mass is 255 g/mol. The zero-order valence-electron chi connectivity index (χ0n) is 7.14. The standard InChI is InChI=1S/C8H12BrF2NO/c9-8(10,11)7(13)3-5-12-4-1-2-6(7)12/h6,13H,1-5H2. The third-order valence-electron chi connectivity index (χ3n) is 3.19. The van der Waals surface area contributed by atoms with Crippen molar-refractivity contribution >= 4 is 15.9 Å². The Kier molecular flexibility index (Phi) is 2.17. The molecule has 2 fully saturated rings. The van der Waals surface area contributed by atoms with Crippen LogP contribution < -0.4 is 0 Å². The molecule has 2 atom stereocenters. The molecule has 2 aliphatic heterocycles. The fourth-order valence-electron chi connectivity index (χ4n) is 2.45. The summed E-state index contributed by atoms with van der Waals surface area (Å²) in [5.74, 6) is 0. The Bertz CT molecular complexity index is 221. The third kappa shape index (κ3) is 1.32. The minimum absolute atomic E-state index is 0.163. The van der Waals surface area contributed by atoms with Crippen LogP contribution in [0.2, 0.25) is 0 Å². The first kappa shape index (κ1) is 9.80. The number of hydrogen-bond donors (Lipinski definition) is 1. The van der Waals surface area contributed by atoms with Gasteiger partial charge in [-0.2, -0.15) is 8.78 Å². The van der Waals surface area contributed by atoms with E-state index in [2.05, 4.69) is 15.9 Å². The lowest BCUT2D eigenvalue weighted by molar-refractivity contribution is -0.127. The van der Waals surface area contributed by atoms with Gasteiger partial charge in [0, 0.05) is 12.6 Å². The minimum atomic E-state index is -3.16. The molecule has 0 aromatic carbocycles. The van der Waals surface area contributed by atoms with E-state index in [9.17, 15) is 13.9 Å². The maximum atomic E-state index is 13.1. The summed E-state index contributed by atoms with van der Waals surface area (Å²) >= 11 is 2.29. The molecule has 0 aromatic rings. The Morgan fingerprint density at radius 1 is 1.46 bits per heavy atom. The van der Waals surface area contributed by atoms with Crippen LogP contribution in [0, 0.1) is 0 Å². The van der Waals surface area contributed by atoms with Gasteiger partial charge < -0.3 is 5.11 Å². The number of alkyl halides is 3. The lowest BCUT2D eigenvalue weighted by Crippen LogP contribution is -2.52. The van der Waals surface area contributed by atoms with Gasteiger partial charge in [-0.3, -0.25) is 4.90 Å². The summed E-state index contributed by atoms with van der Waals surface area (Å²) in [6.45, 7) is 1.43. The fraction of sp³-hybridized carbons (Fsp3) is 1.00. The van der Waals surface area contributed by atoms with Crippen LogP contribution in [0.4, 0.5) is 8.78 Å². The van der Waals surface area contributed by atoms with E-state index < -0.39 is 10.4 Å². The predicted molar refractivity (Wildman–Crippen MR) is 48.0 cm³/mol. The molecule has 2 unspecified atom stereocenters. The molecule has 0 aliphatic carbocycles. The van der Waals surface area contributed by atoms with E-state index in [1.165, 1.54) is 0 Å². The van der Waals surface area contributed by atoms with Crippen LogP contribution in [0.3, 0.4) is 0 Å². The summed E-state index contributed by atoms with van der Waals surface area (Å²) in [6, 6.07) is -0.359. The van der Waals surface area contributed by atoms with E-state index in [-0.39, 0.29) is 12.5 Å². The lowest BCUT2D eigenvalue weighted by Gasteiger charge is -2.33. The van der Waals surface area contributed by atoms with Crippen molar-refractivity contribution in [1.29, 1.82) is 0 Å². The zero-order chi connectivity index (χ0) is 9.69. The minimum Gasteiger partial charge on any atom is -0.381 e. The van der Waals surface area contributed by atoms with Crippen molar-refractivity contribution in [2.75, 3.05) is 13.1 Å². The van der Waals surface area contributed by atoms with E-state index in [1.54, 1.807) is 0 Å². The summed E-state index contributed by atoms with van der Waals surface area (Å²) in [4.78, 5) is -1.21. The Morgan fingerprint density at radius 3 is 2.77 bits per heavy atom. The molecule has 2 nitrogen and oxygen atoms in total. The molecule has 1 N–H and O–H groups in total. The first-order valence-electron chi connectivity index (χ1n) is 4.48. The highest BCUT2D eigenvalue weighted by Gasteiger charge is 2.61. The molecule has 2 heterocycles. The molecule has 0 saturated carbocycles. The summed E-state index contributed by atoms with van der Waals surface area (Å²) < 4.78 is 26.2. The van der Waals surface area contributed by atoms with E-state index >= 15 is 0 Å². The predicted octanol–water partition coefficient (Wildman–Crippen LogP) is 1.57. The summed E-state index contributed by atoms with van der Waals surface area (Å²) in [5.41, 5.74) is -1.86. The third-order valence-corrected chi connectivity index (χ3v) is 3.87. The Hall–Kier alpha value is 0.260. The lowest BCUT2D eigenvalue weighted by atomic mass is 9.93. The average Bonchev–Trinajstić information content (AvgIpc) is 2.52. The highest BCUT2D eigenvalue weighted by Crippen LogP contribution is 2.47. The van der Waals surface area contributed by atoms with E-state index in [4.69, 9.17) is 0 Å². The van der Waals surface area contributed by atoms with Gasteiger partial charge in [0.05, 0.1) is 0 Å². The van der Waals surface area contributed by atoms with Gasteiger partial charge in [-0.1, -0.05) is 0 Å². The molecule has 0 bridgehead atoms. The molecule has 2 aliphatic rings. The molecule has 0 radical (unpaired) electrons. The SMILES string of the molecule is OC1(C(F)(F)Br)CCN2CCCC21. The molecule has 13 heavy (non-hydrogen) atoms. The number of aliphatic hydroxyl groups is 1. The van der Waals surface area contributed by atoms with Gasteiger partial charge in [0.25, 0.3) is 0 Å². The van der Waals surface area contributed by atoms with Crippen LogP contribution in [0.1, 0.15) is 19.3 Å². The van der Waals surface area contributed by atoms with Crippen molar-refractivity contribution in [3.63, 3.8) is 0 Å². The molecular weight excluding hydrogens is 244 g/mol. The van der Waals surface area contributed by atoms with Gasteiger partial charge in [-0.05, 0) is 41.7 Å². The Morgan fingerprint density at radius 2 is 2.15 bits per heavy atom. The summed E-state index contributed by atoms with van der Waals surface area (Å²) in [5, 5.41) is 9.86. The van der Waals surface area contributed by atoms with Gasteiger partial charge in [0.1, 0.15) is 0 Å². The van der Waals surface area contributed by atoms with Gasteiger partial charge in [0.15, 0.2) is 5.60 Å². The number of hydrogen-bond acceptors (Lipinski definition) is 2. The van der Waals surface area contributed by atoms with E-state index in [0.717, 1.165) is 13.0 Å². The zero-order valence-corrected chi connectivity index (χ0v) is 8.73. The van der Waals surface area contributed by atoms with Crippen LogP contribution in [-0.4, -0.2) is 39.6 Å². The van der Waals surface area contributed by atoms with Crippen molar-refractivity contribution in [2.24, 2.45) is 0 Å². The summed E-state index contributed by atoms with van der Waals surface area (Å²) in [6.07, 6.45) is 1.75.